The minimum atomic E-state index is -3.15. The summed E-state index contributed by atoms with van der Waals surface area (Å²) in [6, 6.07) is -0.390. The molecule has 0 aliphatic carbocycles. The molecule has 9 heteroatoms. The van der Waals surface area contributed by atoms with Gasteiger partial charge in [0.25, 0.3) is 0 Å². The molecular weight excluding hydrogens is 253 g/mol. The summed E-state index contributed by atoms with van der Waals surface area (Å²) in [7, 11) is 0.0835. The summed E-state index contributed by atoms with van der Waals surface area (Å²) >= 11 is 0. The zero-order chi connectivity index (χ0) is 12.8. The molecule has 0 radical (unpaired) electrons. The van der Waals surface area contributed by atoms with Gasteiger partial charge in [-0.05, 0) is 0 Å². The lowest BCUT2D eigenvalue weighted by Gasteiger charge is -2.21. The highest BCUT2D eigenvalue weighted by atomic mass is 31.1. The largest absolute Gasteiger partial charge is 0.382 e. The van der Waals surface area contributed by atoms with Gasteiger partial charge in [-0.25, -0.2) is 4.39 Å². The molecule has 0 amide bonds. The van der Waals surface area contributed by atoms with Crippen LogP contribution in [0.25, 0.3) is 0 Å². The number of ether oxygens (including phenoxy) is 3. The molecule has 0 saturated carbocycles. The van der Waals surface area contributed by atoms with E-state index in [-0.39, 0.29) is 6.00 Å². The van der Waals surface area contributed by atoms with Crippen molar-refractivity contribution in [2.24, 2.45) is 0 Å². The summed E-state index contributed by atoms with van der Waals surface area (Å²) in [6.45, 7) is -0.112. The second kappa shape index (κ2) is 7.46. The van der Waals surface area contributed by atoms with Gasteiger partial charge in [0.05, 0.1) is 19.2 Å². The molecule has 5 atom stereocenters. The lowest BCUT2D eigenvalue weighted by Crippen LogP contribution is -2.37. The fraction of sp³-hybridized carbons (Fsp3) is 1.00. The molecule has 0 spiro atoms. The molecular formula is C8H17BFO6P. The van der Waals surface area contributed by atoms with E-state index in [1.807, 2.05) is 0 Å². The first-order chi connectivity index (χ1) is 8.10. The minimum absolute atomic E-state index is 0.292. The Morgan fingerprint density at radius 2 is 2.18 bits per heavy atom. The molecule has 1 aliphatic rings. The van der Waals surface area contributed by atoms with E-state index in [1.54, 1.807) is 7.85 Å². The minimum Gasteiger partial charge on any atom is -0.382 e. The van der Waals surface area contributed by atoms with Crippen LogP contribution in [0.3, 0.4) is 0 Å². The molecule has 2 unspecified atom stereocenters. The normalized spacial score (nSPS) is 35.0. The summed E-state index contributed by atoms with van der Waals surface area (Å²) in [5, 5.41) is 0. The third kappa shape index (κ3) is 4.32. The van der Waals surface area contributed by atoms with Crippen molar-refractivity contribution in [3.05, 3.63) is 0 Å². The standard InChI is InChI=1S/C8H17BFO6P/c1-13-2-3-14-7-6(16-17(11)12)5(4-10)15-8(7)9/h5-8,17H,2-4,9H2,1H3,(H,11,12)/t5-,6?,7+,8-/m1/s1. The van der Waals surface area contributed by atoms with E-state index < -0.39 is 33.2 Å². The summed E-state index contributed by atoms with van der Waals surface area (Å²) in [5.41, 5.74) is 0. The Labute approximate surface area is 101 Å². The zero-order valence-electron chi connectivity index (χ0n) is 9.80. The maximum Gasteiger partial charge on any atom is 0.317 e. The molecule has 1 heterocycles. The van der Waals surface area contributed by atoms with Crippen LogP contribution in [0.2, 0.25) is 0 Å². The van der Waals surface area contributed by atoms with Crippen molar-refractivity contribution in [1.82, 2.24) is 0 Å². The zero-order valence-corrected chi connectivity index (χ0v) is 10.8. The highest BCUT2D eigenvalue weighted by Gasteiger charge is 2.44. The molecule has 1 fully saturated rings. The predicted molar refractivity (Wildman–Crippen MR) is 60.9 cm³/mol. The lowest BCUT2D eigenvalue weighted by atomic mass is 9.93. The van der Waals surface area contributed by atoms with Crippen LogP contribution in [0.5, 0.6) is 0 Å². The molecule has 0 aromatic heterocycles. The molecule has 17 heavy (non-hydrogen) atoms. The van der Waals surface area contributed by atoms with Crippen LogP contribution in [-0.4, -0.2) is 64.1 Å². The monoisotopic (exact) mass is 270 g/mol. The summed E-state index contributed by atoms with van der Waals surface area (Å²) < 4.78 is 43.7. The number of halogens is 1. The first kappa shape index (κ1) is 15.1. The first-order valence-corrected chi connectivity index (χ1v) is 6.58. The fourth-order valence-electron chi connectivity index (χ4n) is 1.79. The topological polar surface area (TPSA) is 74.2 Å². The third-order valence-corrected chi connectivity index (χ3v) is 3.00. The van der Waals surface area contributed by atoms with Crippen LogP contribution < -0.4 is 0 Å². The Morgan fingerprint density at radius 1 is 1.47 bits per heavy atom. The van der Waals surface area contributed by atoms with E-state index in [0.717, 1.165) is 0 Å². The van der Waals surface area contributed by atoms with E-state index in [9.17, 15) is 8.96 Å². The Kier molecular flexibility index (Phi) is 6.62. The van der Waals surface area contributed by atoms with Crippen molar-refractivity contribution >= 4 is 16.1 Å². The van der Waals surface area contributed by atoms with E-state index >= 15 is 0 Å². The number of rotatable bonds is 7. The maximum atomic E-state index is 12.7. The molecule has 6 nitrogen and oxygen atoms in total. The van der Waals surface area contributed by atoms with Crippen LogP contribution in [0.4, 0.5) is 4.39 Å². The van der Waals surface area contributed by atoms with Crippen LogP contribution >= 0.6 is 8.25 Å². The summed E-state index contributed by atoms with van der Waals surface area (Å²) in [6.07, 6.45) is -2.28. The van der Waals surface area contributed by atoms with E-state index in [0.29, 0.717) is 13.2 Å². The van der Waals surface area contributed by atoms with Crippen molar-refractivity contribution in [2.45, 2.75) is 24.3 Å². The van der Waals surface area contributed by atoms with Crippen LogP contribution in [0, 0.1) is 0 Å². The third-order valence-electron chi connectivity index (χ3n) is 2.53. The average Bonchev–Trinajstić information content (AvgIpc) is 2.56. The van der Waals surface area contributed by atoms with E-state index in [2.05, 4.69) is 0 Å². The average molecular weight is 270 g/mol. The van der Waals surface area contributed by atoms with Gasteiger partial charge >= 0.3 is 8.25 Å². The first-order valence-electron chi connectivity index (χ1n) is 5.31. The molecule has 100 valence electrons. The van der Waals surface area contributed by atoms with Gasteiger partial charge in [0, 0.05) is 7.11 Å². The molecule has 1 rings (SSSR count). The quantitative estimate of drug-likeness (QED) is 0.367. The smallest absolute Gasteiger partial charge is 0.317 e. The second-order valence-corrected chi connectivity index (χ2v) is 4.48. The molecule has 0 aromatic carbocycles. The Hall–Kier alpha value is 0.0249. The van der Waals surface area contributed by atoms with Crippen molar-refractivity contribution in [3.8, 4) is 0 Å². The summed E-state index contributed by atoms with van der Waals surface area (Å²) in [4.78, 5) is 8.77. The van der Waals surface area contributed by atoms with Gasteiger partial charge < -0.3 is 23.6 Å². The fourth-order valence-corrected chi connectivity index (χ4v) is 2.31. The molecule has 0 aromatic rings. The van der Waals surface area contributed by atoms with Crippen molar-refractivity contribution in [1.29, 1.82) is 0 Å². The Bertz CT molecular complexity index is 258. The Balaban J connectivity index is 2.58. The summed E-state index contributed by atoms with van der Waals surface area (Å²) in [5.74, 6) is 0. The predicted octanol–water partition coefficient (Wildman–Crippen LogP) is -0.887. The number of methoxy groups -OCH3 is 1. The lowest BCUT2D eigenvalue weighted by molar-refractivity contribution is -0.0310. The van der Waals surface area contributed by atoms with Crippen molar-refractivity contribution in [2.75, 3.05) is 27.0 Å². The van der Waals surface area contributed by atoms with Crippen LogP contribution in [0.15, 0.2) is 0 Å². The van der Waals surface area contributed by atoms with Gasteiger partial charge in [0.15, 0.2) is 0 Å². The van der Waals surface area contributed by atoms with Crippen molar-refractivity contribution < 1.29 is 32.6 Å². The molecule has 1 N–H and O–H groups in total. The van der Waals surface area contributed by atoms with E-state index in [1.165, 1.54) is 7.11 Å². The van der Waals surface area contributed by atoms with Gasteiger partial charge in [-0.3, -0.25) is 4.57 Å². The van der Waals surface area contributed by atoms with Crippen LogP contribution in [-0.2, 0) is 23.3 Å². The van der Waals surface area contributed by atoms with Gasteiger partial charge in [-0.15, -0.1) is 0 Å². The highest BCUT2D eigenvalue weighted by molar-refractivity contribution is 7.32. The van der Waals surface area contributed by atoms with Crippen LogP contribution in [0.1, 0.15) is 0 Å². The number of hydrogen-bond donors (Lipinski definition) is 1. The maximum absolute atomic E-state index is 12.7. The van der Waals surface area contributed by atoms with Gasteiger partial charge in [0.2, 0.25) is 0 Å². The molecule has 0 bridgehead atoms. The molecule has 1 saturated heterocycles. The van der Waals surface area contributed by atoms with Gasteiger partial charge in [-0.2, -0.15) is 0 Å². The van der Waals surface area contributed by atoms with Gasteiger partial charge in [-0.1, -0.05) is 0 Å². The van der Waals surface area contributed by atoms with E-state index in [4.69, 9.17) is 23.6 Å². The highest BCUT2D eigenvalue weighted by Crippen LogP contribution is 2.31. The molecule has 1 aliphatic heterocycles. The SMILES string of the molecule is B[C@@H]1O[C@H](CF)C(O[PH](=O)O)[C@@H]1OCCOC. The number of hydrogen-bond acceptors (Lipinski definition) is 5. The Morgan fingerprint density at radius 3 is 2.71 bits per heavy atom. The van der Waals surface area contributed by atoms with Crippen molar-refractivity contribution in [3.63, 3.8) is 0 Å². The number of alkyl halides is 1. The second-order valence-electron chi connectivity index (χ2n) is 3.71. The van der Waals surface area contributed by atoms with Gasteiger partial charge in [0.1, 0.15) is 32.8 Å².